The van der Waals surface area contributed by atoms with Crippen LogP contribution in [0, 0.1) is 6.92 Å². The van der Waals surface area contributed by atoms with Gasteiger partial charge in [-0.25, -0.2) is 4.79 Å². The highest BCUT2D eigenvalue weighted by Gasteiger charge is 2.30. The van der Waals surface area contributed by atoms with E-state index in [2.05, 4.69) is 16.0 Å². The van der Waals surface area contributed by atoms with Crippen LogP contribution >= 0.6 is 0 Å². The van der Waals surface area contributed by atoms with Crippen molar-refractivity contribution in [3.8, 4) is 0 Å². The number of amides is 3. The van der Waals surface area contributed by atoms with Gasteiger partial charge in [0.25, 0.3) is 0 Å². The number of carbonyl (C=O) groups is 2. The minimum absolute atomic E-state index is 0.0151. The minimum atomic E-state index is -0.349. The van der Waals surface area contributed by atoms with Gasteiger partial charge in [0.05, 0.1) is 6.54 Å². The van der Waals surface area contributed by atoms with Crippen molar-refractivity contribution in [3.63, 3.8) is 0 Å². The molecule has 1 aromatic rings. The highest BCUT2D eigenvalue weighted by molar-refractivity contribution is 5.92. The molecule has 2 fully saturated rings. The van der Waals surface area contributed by atoms with E-state index < -0.39 is 0 Å². The predicted octanol–water partition coefficient (Wildman–Crippen LogP) is 1.47. The summed E-state index contributed by atoms with van der Waals surface area (Å²) in [6.45, 7) is 3.52. The zero-order chi connectivity index (χ0) is 16.2. The molecule has 6 nitrogen and oxygen atoms in total. The van der Waals surface area contributed by atoms with Gasteiger partial charge in [0.1, 0.15) is 0 Å². The monoisotopic (exact) mass is 316 g/mol. The van der Waals surface area contributed by atoms with Gasteiger partial charge in [-0.15, -0.1) is 0 Å². The zero-order valence-electron chi connectivity index (χ0n) is 13.5. The molecule has 23 heavy (non-hydrogen) atoms. The number of likely N-dealkylation sites (tertiary alicyclic amines) is 1. The first-order chi connectivity index (χ1) is 11.1. The second-order valence-electron chi connectivity index (χ2n) is 6.44. The number of fused-ring (bicyclic) bond motifs is 2. The summed E-state index contributed by atoms with van der Waals surface area (Å²) in [6, 6.07) is 8.18. The Hall–Kier alpha value is -2.08. The number of aryl methyl sites for hydroxylation is 1. The second-order valence-corrected chi connectivity index (χ2v) is 6.44. The van der Waals surface area contributed by atoms with E-state index in [1.807, 2.05) is 36.1 Å². The van der Waals surface area contributed by atoms with E-state index in [0.717, 1.165) is 37.2 Å². The van der Waals surface area contributed by atoms with Gasteiger partial charge in [-0.2, -0.15) is 0 Å². The van der Waals surface area contributed by atoms with Crippen LogP contribution in [0.3, 0.4) is 0 Å². The molecule has 3 N–H and O–H groups in total. The lowest BCUT2D eigenvalue weighted by Gasteiger charge is -2.24. The third-order valence-electron chi connectivity index (χ3n) is 4.55. The van der Waals surface area contributed by atoms with Gasteiger partial charge >= 0.3 is 6.03 Å². The molecule has 0 aromatic heterocycles. The third-order valence-corrected chi connectivity index (χ3v) is 4.55. The van der Waals surface area contributed by atoms with Gasteiger partial charge in [0, 0.05) is 30.9 Å². The topological polar surface area (TPSA) is 73.5 Å². The summed E-state index contributed by atoms with van der Waals surface area (Å²) in [5, 5.41) is 8.94. The van der Waals surface area contributed by atoms with Crippen LogP contribution in [0.25, 0.3) is 0 Å². The molecule has 0 spiro atoms. The van der Waals surface area contributed by atoms with Crippen LogP contribution in [0.5, 0.6) is 0 Å². The Bertz CT molecular complexity index is 590. The Kier molecular flexibility index (Phi) is 4.81. The number of anilines is 1. The number of nitrogens with zero attached hydrogens (tertiary/aromatic N) is 1. The van der Waals surface area contributed by atoms with Crippen molar-refractivity contribution < 1.29 is 9.59 Å². The maximum Gasteiger partial charge on any atom is 0.319 e. The molecule has 6 heteroatoms. The molecule has 2 aliphatic rings. The molecule has 3 rings (SSSR count). The van der Waals surface area contributed by atoms with Crippen LogP contribution in [0.4, 0.5) is 10.5 Å². The maximum atomic E-state index is 12.3. The Balaban J connectivity index is 1.46. The van der Waals surface area contributed by atoms with Crippen LogP contribution in [0.1, 0.15) is 24.8 Å². The fraction of sp³-hybridized carbons (Fsp3) is 0.529. The molecule has 2 atom stereocenters. The van der Waals surface area contributed by atoms with Gasteiger partial charge in [0.15, 0.2) is 0 Å². The number of hydrogen-bond acceptors (Lipinski definition) is 3. The van der Waals surface area contributed by atoms with Crippen molar-refractivity contribution >= 4 is 17.6 Å². The molecule has 0 saturated carbocycles. The molecule has 2 bridgehead atoms. The Morgan fingerprint density at radius 3 is 2.91 bits per heavy atom. The Morgan fingerprint density at radius 1 is 1.26 bits per heavy atom. The molecule has 2 saturated heterocycles. The summed E-state index contributed by atoms with van der Waals surface area (Å²) < 4.78 is 0. The number of rotatable bonds is 3. The fourth-order valence-corrected chi connectivity index (χ4v) is 3.34. The summed E-state index contributed by atoms with van der Waals surface area (Å²) in [5.41, 5.74) is 1.80. The molecule has 2 aliphatic heterocycles. The first-order valence-electron chi connectivity index (χ1n) is 8.25. The lowest BCUT2D eigenvalue weighted by atomic mass is 10.1. The van der Waals surface area contributed by atoms with Crippen LogP contribution in [0.15, 0.2) is 24.3 Å². The van der Waals surface area contributed by atoms with Crippen molar-refractivity contribution in [2.75, 3.05) is 25.0 Å². The first kappa shape index (κ1) is 15.8. The lowest BCUT2D eigenvalue weighted by molar-refractivity contribution is -0.130. The van der Waals surface area contributed by atoms with E-state index in [9.17, 15) is 9.59 Å². The zero-order valence-corrected chi connectivity index (χ0v) is 13.5. The minimum Gasteiger partial charge on any atom is -0.340 e. The Labute approximate surface area is 136 Å². The van der Waals surface area contributed by atoms with E-state index in [-0.39, 0.29) is 18.5 Å². The molecular formula is C17H24N4O2. The lowest BCUT2D eigenvalue weighted by Crippen LogP contribution is -2.44. The number of hydrogen-bond donors (Lipinski definition) is 3. The van der Waals surface area contributed by atoms with E-state index in [1.54, 1.807) is 0 Å². The molecule has 2 heterocycles. The van der Waals surface area contributed by atoms with E-state index >= 15 is 0 Å². The van der Waals surface area contributed by atoms with Crippen LogP contribution in [0.2, 0.25) is 0 Å². The molecule has 124 valence electrons. The molecular weight excluding hydrogens is 292 g/mol. The largest absolute Gasteiger partial charge is 0.340 e. The average molecular weight is 316 g/mol. The van der Waals surface area contributed by atoms with Gasteiger partial charge in [-0.05, 0) is 43.9 Å². The summed E-state index contributed by atoms with van der Waals surface area (Å²) in [5.74, 6) is -0.0151. The van der Waals surface area contributed by atoms with Gasteiger partial charge in [-0.1, -0.05) is 12.1 Å². The summed E-state index contributed by atoms with van der Waals surface area (Å²) in [6.07, 6.45) is 3.34. The van der Waals surface area contributed by atoms with Gasteiger partial charge < -0.3 is 20.9 Å². The second kappa shape index (κ2) is 7.00. The Morgan fingerprint density at radius 2 is 2.09 bits per heavy atom. The fourth-order valence-electron chi connectivity index (χ4n) is 3.34. The number of nitrogens with one attached hydrogen (secondary N) is 3. The maximum absolute atomic E-state index is 12.3. The highest BCUT2D eigenvalue weighted by atomic mass is 16.2. The summed E-state index contributed by atoms with van der Waals surface area (Å²) in [7, 11) is 0. The number of urea groups is 1. The van der Waals surface area contributed by atoms with Crippen molar-refractivity contribution in [2.24, 2.45) is 0 Å². The number of benzene rings is 1. The van der Waals surface area contributed by atoms with Crippen molar-refractivity contribution in [2.45, 2.75) is 38.3 Å². The predicted molar refractivity (Wildman–Crippen MR) is 89.3 cm³/mol. The number of carbonyl (C=O) groups excluding carboxylic acids is 2. The molecule has 3 amide bonds. The van der Waals surface area contributed by atoms with Crippen LogP contribution in [-0.4, -0.2) is 48.6 Å². The summed E-state index contributed by atoms with van der Waals surface area (Å²) >= 11 is 0. The SMILES string of the molecule is Cc1cccc(NC(=O)NCC(=O)N2CCC3CCC(C2)N3)c1. The summed E-state index contributed by atoms with van der Waals surface area (Å²) in [4.78, 5) is 26.1. The van der Waals surface area contributed by atoms with E-state index in [4.69, 9.17) is 0 Å². The molecule has 2 unspecified atom stereocenters. The highest BCUT2D eigenvalue weighted by Crippen LogP contribution is 2.20. The first-order valence-corrected chi connectivity index (χ1v) is 8.25. The standard InChI is InChI=1S/C17H24N4O2/c1-12-3-2-4-14(9-12)20-17(23)18-10-16(22)21-8-7-13-5-6-15(11-21)19-13/h2-4,9,13,15,19H,5-8,10-11H2,1H3,(H2,18,20,23). The van der Waals surface area contributed by atoms with Gasteiger partial charge in [0.2, 0.25) is 5.91 Å². The smallest absolute Gasteiger partial charge is 0.319 e. The van der Waals surface area contributed by atoms with E-state index in [1.165, 1.54) is 6.42 Å². The van der Waals surface area contributed by atoms with Crippen molar-refractivity contribution in [1.29, 1.82) is 0 Å². The van der Waals surface area contributed by atoms with Crippen molar-refractivity contribution in [3.05, 3.63) is 29.8 Å². The van der Waals surface area contributed by atoms with E-state index in [0.29, 0.717) is 12.1 Å². The van der Waals surface area contributed by atoms with Crippen LogP contribution < -0.4 is 16.0 Å². The normalized spacial score (nSPS) is 23.3. The average Bonchev–Trinajstić information content (AvgIpc) is 2.84. The van der Waals surface area contributed by atoms with Gasteiger partial charge in [-0.3, -0.25) is 4.79 Å². The molecule has 1 aromatic carbocycles. The third kappa shape index (κ3) is 4.22. The van der Waals surface area contributed by atoms with Crippen LogP contribution in [-0.2, 0) is 4.79 Å². The van der Waals surface area contributed by atoms with Crippen molar-refractivity contribution in [1.82, 2.24) is 15.5 Å². The molecule has 0 aliphatic carbocycles. The quantitative estimate of drug-likeness (QED) is 0.790. The molecule has 0 radical (unpaired) electrons.